The molecule has 180 valence electrons. The molecule has 1 aliphatic rings. The summed E-state index contributed by atoms with van der Waals surface area (Å²) in [6, 6.07) is 19.7. The van der Waals surface area contributed by atoms with E-state index in [0.29, 0.717) is 23.5 Å². The molecule has 2 aromatic carbocycles. The van der Waals surface area contributed by atoms with Crippen molar-refractivity contribution in [3.63, 3.8) is 0 Å². The van der Waals surface area contributed by atoms with E-state index in [0.717, 1.165) is 0 Å². The van der Waals surface area contributed by atoms with Gasteiger partial charge in [0.15, 0.2) is 29.3 Å². The first-order chi connectivity index (χ1) is 17.1. The van der Waals surface area contributed by atoms with Gasteiger partial charge in [0, 0.05) is 19.5 Å². The summed E-state index contributed by atoms with van der Waals surface area (Å²) in [7, 11) is 1.49. The maximum absolute atomic E-state index is 12.1. The van der Waals surface area contributed by atoms with Crippen LogP contribution in [0.5, 0.6) is 0 Å². The molecule has 4 aromatic rings. The number of hydrogen-bond donors (Lipinski definition) is 4. The van der Waals surface area contributed by atoms with Crippen LogP contribution in [0.3, 0.4) is 0 Å². The molecule has 1 saturated heterocycles. The Morgan fingerprint density at radius 2 is 1.74 bits per heavy atom. The summed E-state index contributed by atoms with van der Waals surface area (Å²) in [4.78, 5) is 25.3. The third-order valence-electron chi connectivity index (χ3n) is 6.34. The number of ether oxygens (including phenoxy) is 1. The van der Waals surface area contributed by atoms with Gasteiger partial charge in [-0.05, 0) is 11.1 Å². The number of likely N-dealkylation sites (N-methyl/N-ethyl adjacent to an activating group) is 1. The summed E-state index contributed by atoms with van der Waals surface area (Å²) in [5.74, 6) is 0.259. The van der Waals surface area contributed by atoms with Crippen LogP contribution in [-0.2, 0) is 9.53 Å². The third kappa shape index (κ3) is 4.34. The molecule has 0 spiro atoms. The number of aliphatic hydroxyl groups is 1. The molecular weight excluding hydrogens is 446 g/mol. The van der Waals surface area contributed by atoms with Gasteiger partial charge in [-0.1, -0.05) is 60.7 Å². The van der Waals surface area contributed by atoms with Gasteiger partial charge in [-0.25, -0.2) is 15.0 Å². The van der Waals surface area contributed by atoms with Gasteiger partial charge in [0.2, 0.25) is 0 Å². The minimum atomic E-state index is -1.11. The highest BCUT2D eigenvalue weighted by atomic mass is 16.5. The van der Waals surface area contributed by atoms with Gasteiger partial charge in [-0.3, -0.25) is 9.36 Å². The molecule has 4 unspecified atom stereocenters. The lowest BCUT2D eigenvalue weighted by Crippen LogP contribution is -2.46. The van der Waals surface area contributed by atoms with Gasteiger partial charge in [0.25, 0.3) is 5.91 Å². The predicted molar refractivity (Wildman–Crippen MR) is 130 cm³/mol. The Morgan fingerprint density at radius 1 is 1.09 bits per heavy atom. The number of fused-ring (bicyclic) bond motifs is 1. The number of benzene rings is 2. The average Bonchev–Trinajstić information content (AvgIpc) is 3.46. The lowest BCUT2D eigenvalue weighted by molar-refractivity contribution is -0.134. The van der Waals surface area contributed by atoms with Gasteiger partial charge in [0.1, 0.15) is 12.4 Å². The fourth-order valence-electron chi connectivity index (χ4n) is 4.46. The zero-order valence-corrected chi connectivity index (χ0v) is 19.2. The molecule has 1 aliphatic heterocycles. The lowest BCUT2D eigenvalue weighted by Gasteiger charge is -2.19. The molecule has 5 rings (SSSR count). The van der Waals surface area contributed by atoms with E-state index in [9.17, 15) is 9.90 Å². The monoisotopic (exact) mass is 473 g/mol. The number of carbonyl (C=O) groups excluding carboxylic acids is 1. The smallest absolute Gasteiger partial charge is 0.250 e. The molecular formula is C25H27N7O3. The van der Waals surface area contributed by atoms with Crippen LogP contribution in [0, 0.1) is 0 Å². The molecule has 10 heteroatoms. The highest BCUT2D eigenvalue weighted by molar-refractivity contribution is 5.83. The van der Waals surface area contributed by atoms with Crippen molar-refractivity contribution >= 4 is 22.9 Å². The van der Waals surface area contributed by atoms with Crippen LogP contribution >= 0.6 is 0 Å². The second-order valence-corrected chi connectivity index (χ2v) is 8.43. The normalized spacial score (nSPS) is 21.9. The molecule has 0 bridgehead atoms. The number of nitrogens with two attached hydrogens (primary N) is 1. The highest BCUT2D eigenvalue weighted by Crippen LogP contribution is 2.32. The number of anilines is 1. The Bertz CT molecular complexity index is 1260. The summed E-state index contributed by atoms with van der Waals surface area (Å²) >= 11 is 0. The summed E-state index contributed by atoms with van der Waals surface area (Å²) in [5.41, 5.74) is 9.40. The first-order valence-electron chi connectivity index (χ1n) is 11.4. The van der Waals surface area contributed by atoms with Crippen molar-refractivity contribution in [1.82, 2.24) is 24.8 Å². The molecule has 2 aromatic heterocycles. The van der Waals surface area contributed by atoms with Crippen LogP contribution in [0.15, 0.2) is 73.3 Å². The van der Waals surface area contributed by atoms with E-state index in [2.05, 4.69) is 49.9 Å². The molecule has 0 saturated carbocycles. The van der Waals surface area contributed by atoms with E-state index >= 15 is 0 Å². The topological polar surface area (TPSA) is 140 Å². The number of nitrogens with one attached hydrogen (secondary N) is 2. The van der Waals surface area contributed by atoms with Crippen molar-refractivity contribution in [2.45, 2.75) is 30.4 Å². The van der Waals surface area contributed by atoms with Crippen LogP contribution in [0.2, 0.25) is 0 Å². The second kappa shape index (κ2) is 9.79. The van der Waals surface area contributed by atoms with Crippen molar-refractivity contribution in [2.75, 3.05) is 18.9 Å². The SMILES string of the molecule is CNC(=O)C1OC(n2cnc3c(NCC(c4ccccc4)c4ccccc4)ncnc32)C(O)C1N. The number of rotatable bonds is 7. The zero-order valence-electron chi connectivity index (χ0n) is 19.2. The van der Waals surface area contributed by atoms with Crippen molar-refractivity contribution in [3.05, 3.63) is 84.4 Å². The number of aromatic nitrogens is 4. The minimum absolute atomic E-state index is 0.0933. The maximum Gasteiger partial charge on any atom is 0.250 e. The highest BCUT2D eigenvalue weighted by Gasteiger charge is 2.46. The molecule has 4 atom stereocenters. The number of aliphatic hydroxyl groups excluding tert-OH is 1. The number of nitrogens with zero attached hydrogens (tertiary/aromatic N) is 4. The molecule has 10 nitrogen and oxygen atoms in total. The van der Waals surface area contributed by atoms with E-state index < -0.39 is 30.4 Å². The van der Waals surface area contributed by atoms with E-state index in [1.165, 1.54) is 30.8 Å². The Hall–Kier alpha value is -3.86. The van der Waals surface area contributed by atoms with E-state index in [1.54, 1.807) is 4.57 Å². The van der Waals surface area contributed by atoms with Crippen LogP contribution < -0.4 is 16.4 Å². The number of carbonyl (C=O) groups is 1. The van der Waals surface area contributed by atoms with Gasteiger partial charge in [-0.15, -0.1) is 0 Å². The van der Waals surface area contributed by atoms with Crippen molar-refractivity contribution in [3.8, 4) is 0 Å². The van der Waals surface area contributed by atoms with E-state index in [-0.39, 0.29) is 5.92 Å². The summed E-state index contributed by atoms with van der Waals surface area (Å²) in [6.45, 7) is 0.583. The van der Waals surface area contributed by atoms with Crippen LogP contribution in [-0.4, -0.2) is 62.4 Å². The Balaban J connectivity index is 1.42. The number of amides is 1. The lowest BCUT2D eigenvalue weighted by atomic mass is 9.91. The molecule has 3 heterocycles. The van der Waals surface area contributed by atoms with E-state index in [4.69, 9.17) is 10.5 Å². The fraction of sp³-hybridized carbons (Fsp3) is 0.280. The Kier molecular flexibility index (Phi) is 6.41. The molecule has 1 fully saturated rings. The van der Waals surface area contributed by atoms with E-state index in [1.807, 2.05) is 36.4 Å². The minimum Gasteiger partial charge on any atom is -0.387 e. The van der Waals surface area contributed by atoms with Crippen LogP contribution in [0.25, 0.3) is 11.2 Å². The van der Waals surface area contributed by atoms with Crippen molar-refractivity contribution in [1.29, 1.82) is 0 Å². The van der Waals surface area contributed by atoms with Crippen molar-refractivity contribution in [2.24, 2.45) is 5.73 Å². The van der Waals surface area contributed by atoms with Gasteiger partial charge < -0.3 is 26.2 Å². The largest absolute Gasteiger partial charge is 0.387 e. The molecule has 5 N–H and O–H groups in total. The average molecular weight is 474 g/mol. The van der Waals surface area contributed by atoms with Crippen LogP contribution in [0.1, 0.15) is 23.3 Å². The first kappa shape index (κ1) is 22.9. The zero-order chi connectivity index (χ0) is 24.4. The fourth-order valence-corrected chi connectivity index (χ4v) is 4.46. The van der Waals surface area contributed by atoms with Crippen molar-refractivity contribution < 1.29 is 14.6 Å². The molecule has 0 aliphatic carbocycles. The third-order valence-corrected chi connectivity index (χ3v) is 6.34. The van der Waals surface area contributed by atoms with Gasteiger partial charge in [-0.2, -0.15) is 0 Å². The molecule has 35 heavy (non-hydrogen) atoms. The summed E-state index contributed by atoms with van der Waals surface area (Å²) < 4.78 is 7.38. The van der Waals surface area contributed by atoms with Gasteiger partial charge >= 0.3 is 0 Å². The molecule has 1 amide bonds. The standard InChI is InChI=1S/C25H27N7O3/c1-27-24(34)21-18(26)20(33)25(35-21)32-14-31-19-22(29-13-30-23(19)32)28-12-17(15-8-4-2-5-9-15)16-10-6-3-7-11-16/h2-11,13-14,17-18,20-21,25,33H,12,26H2,1H3,(H,27,34)(H,28,29,30). The molecule has 0 radical (unpaired) electrons. The van der Waals surface area contributed by atoms with Gasteiger partial charge in [0.05, 0.1) is 12.4 Å². The Morgan fingerprint density at radius 3 is 2.37 bits per heavy atom. The predicted octanol–water partition coefficient (Wildman–Crippen LogP) is 1.40. The number of imidazole rings is 1. The summed E-state index contributed by atoms with van der Waals surface area (Å²) in [6.07, 6.45) is -0.0404. The summed E-state index contributed by atoms with van der Waals surface area (Å²) in [5, 5.41) is 16.6. The second-order valence-electron chi connectivity index (χ2n) is 8.43. The first-order valence-corrected chi connectivity index (χ1v) is 11.4. The maximum atomic E-state index is 12.1. The Labute approximate surface area is 202 Å². The number of hydrogen-bond acceptors (Lipinski definition) is 8. The quantitative estimate of drug-likeness (QED) is 0.316. The van der Waals surface area contributed by atoms with Crippen LogP contribution in [0.4, 0.5) is 5.82 Å².